The molecule has 0 spiro atoms. The molecule has 0 amide bonds. The topological polar surface area (TPSA) is 93.6 Å². The number of hydrogen-bond donors (Lipinski definition) is 1. The first-order valence-corrected chi connectivity index (χ1v) is 6.36. The molecule has 2 rings (SSSR count). The SMILES string of the molecule is CCOC(=O)[C@@H]1CN(c2cc(=O)[nH]c(=O)n2C)CCO1. The van der Waals surface area contributed by atoms with Gasteiger partial charge >= 0.3 is 11.7 Å². The Labute approximate surface area is 114 Å². The van der Waals surface area contributed by atoms with E-state index in [0.29, 0.717) is 19.0 Å². The normalized spacial score (nSPS) is 18.9. The van der Waals surface area contributed by atoms with E-state index in [4.69, 9.17) is 9.47 Å². The van der Waals surface area contributed by atoms with Gasteiger partial charge in [-0.1, -0.05) is 0 Å². The Bertz CT molecular complexity index is 606. The highest BCUT2D eigenvalue weighted by atomic mass is 16.6. The van der Waals surface area contributed by atoms with Gasteiger partial charge in [0.05, 0.1) is 19.8 Å². The maximum Gasteiger partial charge on any atom is 0.337 e. The summed E-state index contributed by atoms with van der Waals surface area (Å²) in [6.07, 6.45) is -0.710. The van der Waals surface area contributed by atoms with Crippen molar-refractivity contribution in [1.82, 2.24) is 9.55 Å². The van der Waals surface area contributed by atoms with Crippen LogP contribution in [-0.4, -0.2) is 47.9 Å². The zero-order valence-corrected chi connectivity index (χ0v) is 11.4. The quantitative estimate of drug-likeness (QED) is 0.703. The summed E-state index contributed by atoms with van der Waals surface area (Å²) < 4.78 is 11.6. The molecule has 0 aliphatic carbocycles. The largest absolute Gasteiger partial charge is 0.464 e. The predicted molar refractivity (Wildman–Crippen MR) is 70.9 cm³/mol. The highest BCUT2D eigenvalue weighted by Crippen LogP contribution is 2.14. The number of aromatic amines is 1. The second kappa shape index (κ2) is 5.91. The average molecular weight is 283 g/mol. The van der Waals surface area contributed by atoms with Gasteiger partial charge in [0.25, 0.3) is 5.56 Å². The number of esters is 1. The van der Waals surface area contributed by atoms with E-state index in [2.05, 4.69) is 4.98 Å². The van der Waals surface area contributed by atoms with Crippen LogP contribution in [0.2, 0.25) is 0 Å². The second-order valence-corrected chi connectivity index (χ2v) is 4.41. The molecule has 1 aromatic rings. The number of anilines is 1. The molecule has 1 N–H and O–H groups in total. The fourth-order valence-corrected chi connectivity index (χ4v) is 2.08. The highest BCUT2D eigenvalue weighted by molar-refractivity contribution is 5.75. The van der Waals surface area contributed by atoms with Crippen LogP contribution in [0.15, 0.2) is 15.7 Å². The Morgan fingerprint density at radius 1 is 1.55 bits per heavy atom. The number of nitrogens with one attached hydrogen (secondary N) is 1. The van der Waals surface area contributed by atoms with Crippen LogP contribution < -0.4 is 16.1 Å². The number of ether oxygens (including phenoxy) is 2. The molecular formula is C12H17N3O5. The molecule has 0 radical (unpaired) electrons. The molecule has 1 saturated heterocycles. The van der Waals surface area contributed by atoms with Crippen molar-refractivity contribution < 1.29 is 14.3 Å². The van der Waals surface area contributed by atoms with Crippen molar-refractivity contribution in [2.45, 2.75) is 13.0 Å². The number of morpholine rings is 1. The first kappa shape index (κ1) is 14.3. The number of hydrogen-bond acceptors (Lipinski definition) is 6. The van der Waals surface area contributed by atoms with Crippen molar-refractivity contribution in [3.05, 3.63) is 26.9 Å². The number of carbonyl (C=O) groups is 1. The Morgan fingerprint density at radius 3 is 3.00 bits per heavy atom. The van der Waals surface area contributed by atoms with Gasteiger partial charge in [-0.15, -0.1) is 0 Å². The van der Waals surface area contributed by atoms with Gasteiger partial charge in [0.2, 0.25) is 0 Å². The molecule has 0 aromatic carbocycles. The molecule has 110 valence electrons. The summed E-state index contributed by atoms with van der Waals surface area (Å²) in [6.45, 7) is 3.06. The Kier molecular flexibility index (Phi) is 4.23. The highest BCUT2D eigenvalue weighted by Gasteiger charge is 2.29. The van der Waals surface area contributed by atoms with E-state index in [0.717, 1.165) is 0 Å². The molecule has 20 heavy (non-hydrogen) atoms. The maximum atomic E-state index is 11.7. The summed E-state index contributed by atoms with van der Waals surface area (Å²) >= 11 is 0. The number of aromatic nitrogens is 2. The van der Waals surface area contributed by atoms with Crippen molar-refractivity contribution in [1.29, 1.82) is 0 Å². The zero-order chi connectivity index (χ0) is 14.7. The molecule has 2 heterocycles. The first-order chi connectivity index (χ1) is 9.52. The summed E-state index contributed by atoms with van der Waals surface area (Å²) in [7, 11) is 1.56. The number of nitrogens with zero attached hydrogens (tertiary/aromatic N) is 2. The predicted octanol–water partition coefficient (Wildman–Crippen LogP) is -1.16. The van der Waals surface area contributed by atoms with Crippen LogP contribution in [0.25, 0.3) is 0 Å². The number of carbonyl (C=O) groups excluding carboxylic acids is 1. The molecule has 0 unspecified atom stereocenters. The Hall–Kier alpha value is -2.09. The van der Waals surface area contributed by atoms with Crippen molar-refractivity contribution in [3.63, 3.8) is 0 Å². The van der Waals surface area contributed by atoms with E-state index in [1.54, 1.807) is 18.9 Å². The standard InChI is InChI=1S/C12H17N3O5/c1-3-19-11(17)8-7-15(4-5-20-8)10-6-9(16)13-12(18)14(10)2/h6,8H,3-5,7H2,1-2H3,(H,13,16,18)/t8-/m0/s1. The molecule has 0 saturated carbocycles. The van der Waals surface area contributed by atoms with Crippen molar-refractivity contribution in [3.8, 4) is 0 Å². The summed E-state index contributed by atoms with van der Waals surface area (Å²) in [5, 5.41) is 0. The molecule has 1 fully saturated rings. The van der Waals surface area contributed by atoms with Crippen LogP contribution in [0.5, 0.6) is 0 Å². The molecular weight excluding hydrogens is 266 g/mol. The van der Waals surface area contributed by atoms with Gasteiger partial charge in [-0.3, -0.25) is 14.3 Å². The van der Waals surface area contributed by atoms with Crippen LogP contribution in [0.3, 0.4) is 0 Å². The van der Waals surface area contributed by atoms with Crippen LogP contribution in [-0.2, 0) is 21.3 Å². The van der Waals surface area contributed by atoms with Gasteiger partial charge in [0, 0.05) is 19.7 Å². The molecule has 1 aromatic heterocycles. The lowest BCUT2D eigenvalue weighted by molar-refractivity contribution is -0.157. The molecule has 1 aliphatic rings. The molecule has 1 atom stereocenters. The smallest absolute Gasteiger partial charge is 0.337 e. The lowest BCUT2D eigenvalue weighted by Gasteiger charge is -2.33. The van der Waals surface area contributed by atoms with E-state index in [9.17, 15) is 14.4 Å². The fourth-order valence-electron chi connectivity index (χ4n) is 2.08. The van der Waals surface area contributed by atoms with Crippen molar-refractivity contribution in [2.24, 2.45) is 7.05 Å². The van der Waals surface area contributed by atoms with Gasteiger partial charge in [-0.25, -0.2) is 9.59 Å². The number of H-pyrrole nitrogens is 1. The average Bonchev–Trinajstić information content (AvgIpc) is 2.43. The van der Waals surface area contributed by atoms with E-state index in [1.165, 1.54) is 10.6 Å². The van der Waals surface area contributed by atoms with Gasteiger partial charge in [0.15, 0.2) is 6.10 Å². The molecule has 0 bridgehead atoms. The third-order valence-corrected chi connectivity index (χ3v) is 3.08. The van der Waals surface area contributed by atoms with Crippen molar-refractivity contribution >= 4 is 11.8 Å². The molecule has 8 nitrogen and oxygen atoms in total. The summed E-state index contributed by atoms with van der Waals surface area (Å²) in [4.78, 5) is 38.6. The molecule has 8 heteroatoms. The van der Waals surface area contributed by atoms with Gasteiger partial charge in [-0.2, -0.15) is 0 Å². The van der Waals surface area contributed by atoms with Crippen LogP contribution in [0, 0.1) is 0 Å². The summed E-state index contributed by atoms with van der Waals surface area (Å²) in [5.41, 5.74) is -0.964. The fraction of sp³-hybridized carbons (Fsp3) is 0.583. The van der Waals surface area contributed by atoms with Crippen molar-refractivity contribution in [2.75, 3.05) is 31.2 Å². The monoisotopic (exact) mass is 283 g/mol. The van der Waals surface area contributed by atoms with Gasteiger partial charge in [-0.05, 0) is 6.92 Å². The second-order valence-electron chi connectivity index (χ2n) is 4.41. The summed E-state index contributed by atoms with van der Waals surface area (Å²) in [5.74, 6) is 0.0170. The van der Waals surface area contributed by atoms with Crippen LogP contribution in [0.4, 0.5) is 5.82 Å². The van der Waals surface area contributed by atoms with Gasteiger partial charge < -0.3 is 14.4 Å². The van der Waals surface area contributed by atoms with Gasteiger partial charge in [0.1, 0.15) is 5.82 Å². The first-order valence-electron chi connectivity index (χ1n) is 6.36. The minimum atomic E-state index is -0.710. The minimum Gasteiger partial charge on any atom is -0.464 e. The minimum absolute atomic E-state index is 0.246. The zero-order valence-electron chi connectivity index (χ0n) is 11.4. The van der Waals surface area contributed by atoms with E-state index < -0.39 is 23.3 Å². The lowest BCUT2D eigenvalue weighted by Crippen LogP contribution is -2.48. The van der Waals surface area contributed by atoms with E-state index in [-0.39, 0.29) is 13.2 Å². The lowest BCUT2D eigenvalue weighted by atomic mass is 10.2. The third-order valence-electron chi connectivity index (χ3n) is 3.08. The molecule has 1 aliphatic heterocycles. The third kappa shape index (κ3) is 2.90. The van der Waals surface area contributed by atoms with E-state index in [1.807, 2.05) is 0 Å². The summed E-state index contributed by atoms with van der Waals surface area (Å²) in [6, 6.07) is 1.33. The number of rotatable bonds is 3. The Balaban J connectivity index is 2.23. The van der Waals surface area contributed by atoms with Crippen LogP contribution >= 0.6 is 0 Å². The maximum absolute atomic E-state index is 11.7. The Morgan fingerprint density at radius 2 is 2.30 bits per heavy atom. The van der Waals surface area contributed by atoms with Crippen LogP contribution in [0.1, 0.15) is 6.92 Å². The van der Waals surface area contributed by atoms with E-state index >= 15 is 0 Å².